The minimum atomic E-state index is -0.196. The predicted molar refractivity (Wildman–Crippen MR) is 99.7 cm³/mol. The van der Waals surface area contributed by atoms with Crippen LogP contribution >= 0.6 is 0 Å². The molecule has 3 rings (SSSR count). The van der Waals surface area contributed by atoms with E-state index in [1.807, 2.05) is 49.8 Å². The third kappa shape index (κ3) is 3.16. The molecule has 0 radical (unpaired) electrons. The molecule has 0 unspecified atom stereocenters. The quantitative estimate of drug-likeness (QED) is 0.796. The molecule has 0 aliphatic rings. The van der Waals surface area contributed by atoms with E-state index in [2.05, 4.69) is 40.7 Å². The molecule has 0 saturated heterocycles. The lowest BCUT2D eigenvalue weighted by atomic mass is 10.1. The largest absolute Gasteiger partial charge is 0.305 e. The van der Waals surface area contributed by atoms with E-state index in [0.29, 0.717) is 12.4 Å². The van der Waals surface area contributed by atoms with Crippen LogP contribution in [0.5, 0.6) is 0 Å². The molecular formula is C19H25N5O. The van der Waals surface area contributed by atoms with Crippen molar-refractivity contribution in [1.29, 1.82) is 0 Å². The normalized spacial score (nSPS) is 11.9. The number of nitrogens with zero attached hydrogens (tertiary/aromatic N) is 4. The highest BCUT2D eigenvalue weighted by molar-refractivity contribution is 5.93. The van der Waals surface area contributed by atoms with Gasteiger partial charge in [-0.25, -0.2) is 4.98 Å². The first-order valence-corrected chi connectivity index (χ1v) is 8.45. The van der Waals surface area contributed by atoms with Crippen LogP contribution in [0, 0.1) is 13.8 Å². The second-order valence-corrected chi connectivity index (χ2v) is 7.43. The van der Waals surface area contributed by atoms with Gasteiger partial charge in [0.2, 0.25) is 11.9 Å². The van der Waals surface area contributed by atoms with Crippen LogP contribution < -0.4 is 5.32 Å². The minimum absolute atomic E-state index is 0.0833. The van der Waals surface area contributed by atoms with Crippen molar-refractivity contribution in [3.05, 3.63) is 41.2 Å². The Morgan fingerprint density at radius 2 is 1.88 bits per heavy atom. The number of hydrogen-bond acceptors (Lipinski definition) is 3. The molecule has 0 aliphatic heterocycles. The van der Waals surface area contributed by atoms with Gasteiger partial charge in [-0.3, -0.25) is 14.8 Å². The van der Waals surface area contributed by atoms with Crippen molar-refractivity contribution >= 4 is 22.9 Å². The average molecular weight is 339 g/mol. The lowest BCUT2D eigenvalue weighted by molar-refractivity contribution is -0.115. The van der Waals surface area contributed by atoms with Crippen molar-refractivity contribution in [2.24, 2.45) is 7.05 Å². The van der Waals surface area contributed by atoms with Gasteiger partial charge in [-0.2, -0.15) is 5.10 Å². The molecule has 1 amide bonds. The lowest BCUT2D eigenvalue weighted by Gasteiger charge is -2.24. The van der Waals surface area contributed by atoms with Gasteiger partial charge in [0.15, 0.2) is 0 Å². The predicted octanol–water partition coefficient (Wildman–Crippen LogP) is 3.32. The van der Waals surface area contributed by atoms with Crippen LogP contribution in [0.3, 0.4) is 0 Å². The van der Waals surface area contributed by atoms with Gasteiger partial charge in [0.1, 0.15) is 0 Å². The molecule has 1 aromatic carbocycles. The number of imidazole rings is 1. The molecule has 6 nitrogen and oxygen atoms in total. The first kappa shape index (κ1) is 17.2. The minimum Gasteiger partial charge on any atom is -0.305 e. The zero-order valence-electron chi connectivity index (χ0n) is 15.7. The molecule has 25 heavy (non-hydrogen) atoms. The maximum atomic E-state index is 12.7. The molecule has 6 heteroatoms. The molecule has 132 valence electrons. The summed E-state index contributed by atoms with van der Waals surface area (Å²) in [5, 5.41) is 7.37. The van der Waals surface area contributed by atoms with Gasteiger partial charge in [0, 0.05) is 23.8 Å². The summed E-state index contributed by atoms with van der Waals surface area (Å²) in [6.07, 6.45) is 0.291. The summed E-state index contributed by atoms with van der Waals surface area (Å²) in [7, 11) is 1.89. The number of amides is 1. The number of aromatic nitrogens is 4. The van der Waals surface area contributed by atoms with Crippen molar-refractivity contribution in [1.82, 2.24) is 19.3 Å². The van der Waals surface area contributed by atoms with E-state index in [4.69, 9.17) is 0 Å². The Morgan fingerprint density at radius 1 is 1.20 bits per heavy atom. The van der Waals surface area contributed by atoms with Gasteiger partial charge in [0.25, 0.3) is 0 Å². The molecule has 1 N–H and O–H groups in total. The zero-order chi connectivity index (χ0) is 18.4. The van der Waals surface area contributed by atoms with Crippen LogP contribution in [0.1, 0.15) is 37.7 Å². The van der Waals surface area contributed by atoms with Crippen molar-refractivity contribution in [2.75, 3.05) is 5.32 Å². The lowest BCUT2D eigenvalue weighted by Crippen LogP contribution is -2.26. The van der Waals surface area contributed by atoms with Gasteiger partial charge in [-0.05, 0) is 46.8 Å². The summed E-state index contributed by atoms with van der Waals surface area (Å²) in [6.45, 7) is 10.2. The van der Waals surface area contributed by atoms with Crippen LogP contribution in [-0.2, 0) is 23.8 Å². The van der Waals surface area contributed by atoms with Crippen molar-refractivity contribution in [2.45, 2.75) is 46.6 Å². The number of fused-ring (bicyclic) bond motifs is 1. The Kier molecular flexibility index (Phi) is 4.14. The van der Waals surface area contributed by atoms with Crippen molar-refractivity contribution < 1.29 is 4.79 Å². The monoisotopic (exact) mass is 339 g/mol. The maximum Gasteiger partial charge on any atom is 0.231 e. The number of anilines is 1. The first-order valence-electron chi connectivity index (χ1n) is 8.45. The molecule has 0 atom stereocenters. The Bertz CT molecular complexity index is 943. The first-order chi connectivity index (χ1) is 11.7. The van der Waals surface area contributed by atoms with Gasteiger partial charge < -0.3 is 4.57 Å². The fourth-order valence-electron chi connectivity index (χ4n) is 3.19. The molecule has 0 aliphatic carbocycles. The van der Waals surface area contributed by atoms with Gasteiger partial charge >= 0.3 is 0 Å². The Balaban J connectivity index is 1.94. The van der Waals surface area contributed by atoms with E-state index in [0.717, 1.165) is 28.0 Å². The van der Waals surface area contributed by atoms with E-state index in [9.17, 15) is 4.79 Å². The highest BCUT2D eigenvalue weighted by atomic mass is 16.1. The van der Waals surface area contributed by atoms with E-state index >= 15 is 0 Å². The summed E-state index contributed by atoms with van der Waals surface area (Å²) >= 11 is 0. The summed E-state index contributed by atoms with van der Waals surface area (Å²) in [4.78, 5) is 17.3. The topological polar surface area (TPSA) is 64.7 Å². The number of nitrogens with one attached hydrogen (secondary N) is 1. The Hall–Kier alpha value is -2.63. The van der Waals surface area contributed by atoms with Gasteiger partial charge in [-0.15, -0.1) is 0 Å². The van der Waals surface area contributed by atoms with Crippen molar-refractivity contribution in [3.8, 4) is 0 Å². The van der Waals surface area contributed by atoms with Crippen LogP contribution in [-0.4, -0.2) is 25.2 Å². The zero-order valence-corrected chi connectivity index (χ0v) is 15.7. The van der Waals surface area contributed by atoms with E-state index in [1.165, 1.54) is 0 Å². The summed E-state index contributed by atoms with van der Waals surface area (Å²) in [5.41, 5.74) is 4.56. The van der Waals surface area contributed by atoms with Gasteiger partial charge in [-0.1, -0.05) is 12.1 Å². The number of benzene rings is 1. The Labute approximate surface area is 147 Å². The fourth-order valence-corrected chi connectivity index (χ4v) is 3.19. The standard InChI is InChI=1S/C19H25N5O/c1-12-14(13(2)23(6)22-12)11-17(25)21-18-20-15-9-7-8-10-16(15)24(18)19(3,4)5/h7-10H,11H2,1-6H3,(H,20,21,25). The maximum absolute atomic E-state index is 12.7. The number of aryl methyl sites for hydroxylation is 2. The summed E-state index contributed by atoms with van der Waals surface area (Å²) in [6, 6.07) is 7.93. The SMILES string of the molecule is Cc1nn(C)c(C)c1CC(=O)Nc1nc2ccccc2n1C(C)(C)C. The Morgan fingerprint density at radius 3 is 2.48 bits per heavy atom. The second-order valence-electron chi connectivity index (χ2n) is 7.43. The average Bonchev–Trinajstić information content (AvgIpc) is 2.99. The van der Waals surface area contributed by atoms with Crippen LogP contribution in [0.25, 0.3) is 11.0 Å². The van der Waals surface area contributed by atoms with Crippen LogP contribution in [0.15, 0.2) is 24.3 Å². The summed E-state index contributed by atoms with van der Waals surface area (Å²) in [5.74, 6) is 0.498. The molecule has 2 aromatic heterocycles. The third-order valence-corrected chi connectivity index (χ3v) is 4.48. The van der Waals surface area contributed by atoms with Crippen LogP contribution in [0.2, 0.25) is 0 Å². The second kappa shape index (κ2) is 6.02. The molecule has 0 fully saturated rings. The number of hydrogen-bond donors (Lipinski definition) is 1. The molecule has 2 heterocycles. The van der Waals surface area contributed by atoms with E-state index in [1.54, 1.807) is 0 Å². The smallest absolute Gasteiger partial charge is 0.231 e. The van der Waals surface area contributed by atoms with Gasteiger partial charge in [0.05, 0.1) is 23.1 Å². The molecule has 0 spiro atoms. The third-order valence-electron chi connectivity index (χ3n) is 4.48. The fraction of sp³-hybridized carbons (Fsp3) is 0.421. The molecule has 3 aromatic rings. The highest BCUT2D eigenvalue weighted by Crippen LogP contribution is 2.28. The van der Waals surface area contributed by atoms with E-state index in [-0.39, 0.29) is 11.4 Å². The van der Waals surface area contributed by atoms with E-state index < -0.39 is 0 Å². The number of rotatable bonds is 3. The number of carbonyl (C=O) groups excluding carboxylic acids is 1. The molecule has 0 saturated carbocycles. The summed E-state index contributed by atoms with van der Waals surface area (Å²) < 4.78 is 3.88. The molecule has 0 bridgehead atoms. The van der Waals surface area contributed by atoms with Crippen LogP contribution in [0.4, 0.5) is 5.95 Å². The van der Waals surface area contributed by atoms with Crippen molar-refractivity contribution in [3.63, 3.8) is 0 Å². The highest BCUT2D eigenvalue weighted by Gasteiger charge is 2.23. The number of para-hydroxylation sites is 2. The number of carbonyl (C=O) groups is 1. The molecular weight excluding hydrogens is 314 g/mol.